The third-order valence-corrected chi connectivity index (χ3v) is 2.34. The lowest BCUT2D eigenvalue weighted by molar-refractivity contribution is 0.0950. The van der Waals surface area contributed by atoms with Crippen molar-refractivity contribution in [2.24, 2.45) is 0 Å². The number of carbonyl (C=O) groups excluding carboxylic acids is 1. The predicted molar refractivity (Wildman–Crippen MR) is 62.8 cm³/mol. The minimum Gasteiger partial charge on any atom is -0.497 e. The first-order valence-corrected chi connectivity index (χ1v) is 5.19. The van der Waals surface area contributed by atoms with Gasteiger partial charge in [-0.1, -0.05) is 6.07 Å². The van der Waals surface area contributed by atoms with Gasteiger partial charge < -0.3 is 10.1 Å². The number of aromatic nitrogens is 2. The van der Waals surface area contributed by atoms with Gasteiger partial charge in [0.15, 0.2) is 0 Å². The number of methoxy groups -OCH3 is 1. The molecule has 5 heteroatoms. The average molecular weight is 231 g/mol. The van der Waals surface area contributed by atoms with Gasteiger partial charge in [-0.05, 0) is 18.2 Å². The third kappa shape index (κ3) is 2.84. The van der Waals surface area contributed by atoms with E-state index in [1.165, 1.54) is 0 Å². The van der Waals surface area contributed by atoms with Crippen LogP contribution < -0.4 is 10.1 Å². The Bertz CT molecular complexity index is 494. The van der Waals surface area contributed by atoms with E-state index >= 15 is 0 Å². The number of ether oxygens (including phenoxy) is 1. The number of H-pyrrole nitrogens is 1. The Balaban J connectivity index is 1.99. The second kappa shape index (κ2) is 5.16. The van der Waals surface area contributed by atoms with Crippen molar-refractivity contribution >= 4 is 5.91 Å². The highest BCUT2D eigenvalue weighted by Gasteiger charge is 2.06. The Hall–Kier alpha value is -2.30. The molecule has 0 saturated carbocycles. The highest BCUT2D eigenvalue weighted by molar-refractivity contribution is 5.94. The number of nitrogens with one attached hydrogen (secondary N) is 2. The third-order valence-electron chi connectivity index (χ3n) is 2.34. The van der Waals surface area contributed by atoms with Gasteiger partial charge >= 0.3 is 0 Å². The van der Waals surface area contributed by atoms with E-state index < -0.39 is 0 Å². The Morgan fingerprint density at radius 3 is 3.12 bits per heavy atom. The number of benzene rings is 1. The van der Waals surface area contributed by atoms with Gasteiger partial charge in [0, 0.05) is 23.9 Å². The molecule has 0 unspecified atom stereocenters. The fourth-order valence-electron chi connectivity index (χ4n) is 1.42. The van der Waals surface area contributed by atoms with Crippen LogP contribution in [0.5, 0.6) is 5.75 Å². The summed E-state index contributed by atoms with van der Waals surface area (Å²) in [5, 5.41) is 9.29. The minimum absolute atomic E-state index is 0.134. The maximum Gasteiger partial charge on any atom is 0.251 e. The smallest absolute Gasteiger partial charge is 0.251 e. The molecule has 2 rings (SSSR count). The van der Waals surface area contributed by atoms with Crippen molar-refractivity contribution in [3.8, 4) is 5.75 Å². The maximum atomic E-state index is 11.8. The Labute approximate surface area is 98.8 Å². The standard InChI is InChI=1S/C12H13N3O2/c1-17-11-4-2-3-10(5-11)12(16)13-6-9-7-14-15-8-9/h2-5,7-8H,6H2,1H3,(H,13,16)(H,14,15). The van der Waals surface area contributed by atoms with Crippen molar-refractivity contribution in [3.63, 3.8) is 0 Å². The van der Waals surface area contributed by atoms with Crippen LogP contribution in [0.4, 0.5) is 0 Å². The second-order valence-electron chi connectivity index (χ2n) is 3.52. The Morgan fingerprint density at radius 2 is 2.41 bits per heavy atom. The number of hydrogen-bond acceptors (Lipinski definition) is 3. The SMILES string of the molecule is COc1cccc(C(=O)NCc2cn[nH]c2)c1. The van der Waals surface area contributed by atoms with E-state index in [9.17, 15) is 4.79 Å². The molecule has 2 aromatic rings. The van der Waals surface area contributed by atoms with Crippen LogP contribution in [-0.2, 0) is 6.54 Å². The molecule has 0 spiro atoms. The zero-order valence-corrected chi connectivity index (χ0v) is 9.43. The van der Waals surface area contributed by atoms with E-state index in [0.29, 0.717) is 17.9 Å². The number of carbonyl (C=O) groups is 1. The summed E-state index contributed by atoms with van der Waals surface area (Å²) in [6, 6.07) is 7.02. The van der Waals surface area contributed by atoms with E-state index in [-0.39, 0.29) is 5.91 Å². The second-order valence-corrected chi connectivity index (χ2v) is 3.52. The maximum absolute atomic E-state index is 11.8. The first-order chi connectivity index (χ1) is 8.29. The first-order valence-electron chi connectivity index (χ1n) is 5.19. The summed E-state index contributed by atoms with van der Waals surface area (Å²) in [7, 11) is 1.57. The number of aromatic amines is 1. The molecule has 1 heterocycles. The van der Waals surface area contributed by atoms with Crippen molar-refractivity contribution in [1.29, 1.82) is 0 Å². The van der Waals surface area contributed by atoms with Gasteiger partial charge in [-0.25, -0.2) is 0 Å². The monoisotopic (exact) mass is 231 g/mol. The fourth-order valence-corrected chi connectivity index (χ4v) is 1.42. The zero-order chi connectivity index (χ0) is 12.1. The van der Waals surface area contributed by atoms with Crippen molar-refractivity contribution in [1.82, 2.24) is 15.5 Å². The molecule has 88 valence electrons. The molecule has 17 heavy (non-hydrogen) atoms. The van der Waals surface area contributed by atoms with Crippen molar-refractivity contribution in [2.75, 3.05) is 7.11 Å². The molecule has 0 aliphatic heterocycles. The van der Waals surface area contributed by atoms with E-state index in [2.05, 4.69) is 15.5 Å². The molecule has 0 aliphatic rings. The van der Waals surface area contributed by atoms with Gasteiger partial charge in [0.1, 0.15) is 5.75 Å². The topological polar surface area (TPSA) is 67.0 Å². The van der Waals surface area contributed by atoms with Crippen LogP contribution in [-0.4, -0.2) is 23.2 Å². The molecule has 0 fully saturated rings. The Kier molecular flexibility index (Phi) is 3.40. The van der Waals surface area contributed by atoms with Crippen molar-refractivity contribution in [2.45, 2.75) is 6.54 Å². The first kappa shape index (κ1) is 11.2. The van der Waals surface area contributed by atoms with E-state index in [1.54, 1.807) is 43.8 Å². The largest absolute Gasteiger partial charge is 0.497 e. The van der Waals surface area contributed by atoms with Crippen molar-refractivity contribution < 1.29 is 9.53 Å². The van der Waals surface area contributed by atoms with Gasteiger partial charge in [0.05, 0.1) is 13.3 Å². The fraction of sp³-hybridized carbons (Fsp3) is 0.167. The number of rotatable bonds is 4. The van der Waals surface area contributed by atoms with Gasteiger partial charge in [-0.3, -0.25) is 9.89 Å². The summed E-state index contributed by atoms with van der Waals surface area (Å²) < 4.78 is 5.06. The summed E-state index contributed by atoms with van der Waals surface area (Å²) in [6.45, 7) is 0.451. The predicted octanol–water partition coefficient (Wildman–Crippen LogP) is 1.35. The number of hydrogen-bond donors (Lipinski definition) is 2. The summed E-state index contributed by atoms with van der Waals surface area (Å²) >= 11 is 0. The van der Waals surface area contributed by atoms with E-state index in [4.69, 9.17) is 4.74 Å². The van der Waals surface area contributed by atoms with Gasteiger partial charge in [-0.2, -0.15) is 5.10 Å². The van der Waals surface area contributed by atoms with Crippen LogP contribution in [0.15, 0.2) is 36.7 Å². The van der Waals surface area contributed by atoms with Crippen LogP contribution in [0.1, 0.15) is 15.9 Å². The summed E-state index contributed by atoms with van der Waals surface area (Å²) in [5.41, 5.74) is 1.51. The van der Waals surface area contributed by atoms with Gasteiger partial charge in [0.25, 0.3) is 5.91 Å². The lowest BCUT2D eigenvalue weighted by Crippen LogP contribution is -2.22. The molecule has 0 atom stereocenters. The van der Waals surface area contributed by atoms with E-state index in [1.807, 2.05) is 0 Å². The Morgan fingerprint density at radius 1 is 1.53 bits per heavy atom. The zero-order valence-electron chi connectivity index (χ0n) is 9.43. The van der Waals surface area contributed by atoms with Crippen LogP contribution >= 0.6 is 0 Å². The molecule has 1 amide bonds. The highest BCUT2D eigenvalue weighted by Crippen LogP contribution is 2.12. The number of amides is 1. The lowest BCUT2D eigenvalue weighted by atomic mass is 10.2. The molecule has 0 bridgehead atoms. The van der Waals surface area contributed by atoms with Crippen LogP contribution in [0.25, 0.3) is 0 Å². The quantitative estimate of drug-likeness (QED) is 0.834. The normalized spacial score (nSPS) is 9.94. The van der Waals surface area contributed by atoms with E-state index in [0.717, 1.165) is 5.56 Å². The lowest BCUT2D eigenvalue weighted by Gasteiger charge is -2.05. The molecule has 0 radical (unpaired) electrons. The molecule has 5 nitrogen and oxygen atoms in total. The average Bonchev–Trinajstić information content (AvgIpc) is 2.89. The highest BCUT2D eigenvalue weighted by atomic mass is 16.5. The summed E-state index contributed by atoms with van der Waals surface area (Å²) in [6.07, 6.45) is 3.41. The summed E-state index contributed by atoms with van der Waals surface area (Å²) in [5.74, 6) is 0.533. The molecule has 2 N–H and O–H groups in total. The minimum atomic E-state index is -0.134. The van der Waals surface area contributed by atoms with Crippen LogP contribution in [0.3, 0.4) is 0 Å². The molecule has 0 saturated heterocycles. The van der Waals surface area contributed by atoms with Gasteiger partial charge in [-0.15, -0.1) is 0 Å². The number of nitrogens with zero attached hydrogens (tertiary/aromatic N) is 1. The molecular formula is C12H13N3O2. The molecule has 1 aromatic heterocycles. The van der Waals surface area contributed by atoms with Gasteiger partial charge in [0.2, 0.25) is 0 Å². The van der Waals surface area contributed by atoms with Crippen LogP contribution in [0, 0.1) is 0 Å². The van der Waals surface area contributed by atoms with Crippen molar-refractivity contribution in [3.05, 3.63) is 47.8 Å². The summed E-state index contributed by atoms with van der Waals surface area (Å²) in [4.78, 5) is 11.8. The molecule has 1 aromatic carbocycles. The molecular weight excluding hydrogens is 218 g/mol. The molecule has 0 aliphatic carbocycles. The van der Waals surface area contributed by atoms with Crippen LogP contribution in [0.2, 0.25) is 0 Å².